The van der Waals surface area contributed by atoms with Gasteiger partial charge in [0.1, 0.15) is 5.75 Å². The number of carbonyl (C=O) groups is 2. The number of ether oxygens (including phenoxy) is 2. The second kappa shape index (κ2) is 12.2. The predicted molar refractivity (Wildman–Crippen MR) is 102 cm³/mol. The summed E-state index contributed by atoms with van der Waals surface area (Å²) in [6.07, 6.45) is 2.82. The first-order valence-electron chi connectivity index (χ1n) is 8.55. The van der Waals surface area contributed by atoms with Crippen LogP contribution in [0.4, 0.5) is 5.69 Å². The average Bonchev–Trinajstić information content (AvgIpc) is 2.59. The van der Waals surface area contributed by atoms with Gasteiger partial charge in [-0.2, -0.15) is 0 Å². The third-order valence-electron chi connectivity index (χ3n) is 3.17. The van der Waals surface area contributed by atoms with Crippen molar-refractivity contribution in [3.8, 4) is 5.75 Å². The zero-order valence-corrected chi connectivity index (χ0v) is 15.6. The lowest BCUT2D eigenvalue weighted by molar-refractivity contribution is -0.144. The second-order valence-corrected chi connectivity index (χ2v) is 5.83. The van der Waals surface area contributed by atoms with Gasteiger partial charge in [0.2, 0.25) is 5.91 Å². The molecule has 6 nitrogen and oxygen atoms in total. The van der Waals surface area contributed by atoms with Gasteiger partial charge in [0.25, 0.3) is 0 Å². The third kappa shape index (κ3) is 9.05. The van der Waals surface area contributed by atoms with Gasteiger partial charge in [-0.25, -0.2) is 0 Å². The van der Waals surface area contributed by atoms with Crippen LogP contribution in [0.15, 0.2) is 24.3 Å². The van der Waals surface area contributed by atoms with Crippen LogP contribution < -0.4 is 15.4 Å². The molecule has 0 aromatic heterocycles. The Morgan fingerprint density at radius 3 is 2.56 bits per heavy atom. The first-order chi connectivity index (χ1) is 12.1. The highest BCUT2D eigenvalue weighted by Gasteiger charge is 2.11. The van der Waals surface area contributed by atoms with E-state index < -0.39 is 0 Å². The van der Waals surface area contributed by atoms with Crippen LogP contribution in [0.1, 0.15) is 46.0 Å². The lowest BCUT2D eigenvalue weighted by Gasteiger charge is -2.14. The zero-order valence-electron chi connectivity index (χ0n) is 14.8. The van der Waals surface area contributed by atoms with Gasteiger partial charge in [0.05, 0.1) is 25.3 Å². The summed E-state index contributed by atoms with van der Waals surface area (Å²) in [6, 6.07) is 7.38. The Morgan fingerprint density at radius 1 is 1.08 bits per heavy atom. The third-order valence-corrected chi connectivity index (χ3v) is 3.37. The van der Waals surface area contributed by atoms with E-state index in [0.29, 0.717) is 24.7 Å². The first-order valence-corrected chi connectivity index (χ1v) is 8.95. The van der Waals surface area contributed by atoms with E-state index in [9.17, 15) is 9.59 Å². The van der Waals surface area contributed by atoms with Crippen molar-refractivity contribution in [2.75, 3.05) is 18.5 Å². The summed E-state index contributed by atoms with van der Waals surface area (Å²) in [5.41, 5.74) is 0.686. The quantitative estimate of drug-likeness (QED) is 0.375. The Hall–Kier alpha value is -2.15. The normalized spacial score (nSPS) is 10.0. The van der Waals surface area contributed by atoms with E-state index in [0.717, 1.165) is 19.3 Å². The van der Waals surface area contributed by atoms with Crippen LogP contribution in [0.2, 0.25) is 0 Å². The number of unbranched alkanes of at least 4 members (excludes halogenated alkanes) is 1. The number of amides is 1. The first kappa shape index (κ1) is 20.9. The maximum absolute atomic E-state index is 11.8. The van der Waals surface area contributed by atoms with Crippen LogP contribution in [0.3, 0.4) is 0 Å². The molecule has 1 aromatic carbocycles. The number of nitrogens with one attached hydrogen (secondary N) is 2. The fourth-order valence-electron chi connectivity index (χ4n) is 1.87. The van der Waals surface area contributed by atoms with Gasteiger partial charge in [-0.3, -0.25) is 9.59 Å². The van der Waals surface area contributed by atoms with Crippen LogP contribution in [0, 0.1) is 0 Å². The summed E-state index contributed by atoms with van der Waals surface area (Å²) in [5.74, 6) is -0.0448. The van der Waals surface area contributed by atoms with Crippen LogP contribution in [0.5, 0.6) is 5.75 Å². The Labute approximate surface area is 154 Å². The van der Waals surface area contributed by atoms with Crippen molar-refractivity contribution in [2.24, 2.45) is 0 Å². The van der Waals surface area contributed by atoms with Crippen molar-refractivity contribution in [3.63, 3.8) is 0 Å². The van der Waals surface area contributed by atoms with Gasteiger partial charge in [-0.05, 0) is 37.2 Å². The Morgan fingerprint density at radius 2 is 1.84 bits per heavy atom. The average molecular weight is 366 g/mol. The smallest absolute Gasteiger partial charge is 0.306 e. The summed E-state index contributed by atoms with van der Waals surface area (Å²) in [6.45, 7) is 4.99. The molecule has 1 amide bonds. The standard InChI is InChI=1S/C18H26N2O4S/c1-3-5-13-23-15-9-7-6-8-14(15)19-18(25)20-16(21)10-11-17(22)24-12-4-2/h6-9H,3-5,10-13H2,1-2H3,(H2,19,20,21,25). The lowest BCUT2D eigenvalue weighted by atomic mass is 10.3. The van der Waals surface area contributed by atoms with Crippen molar-refractivity contribution in [2.45, 2.75) is 46.0 Å². The van der Waals surface area contributed by atoms with Gasteiger partial charge in [0, 0.05) is 6.42 Å². The summed E-state index contributed by atoms with van der Waals surface area (Å²) < 4.78 is 10.6. The predicted octanol–water partition coefficient (Wildman–Crippen LogP) is 3.41. The molecule has 0 heterocycles. The number of rotatable bonds is 10. The molecule has 0 bridgehead atoms. The van der Waals surface area contributed by atoms with Crippen LogP contribution >= 0.6 is 12.2 Å². The van der Waals surface area contributed by atoms with Crippen LogP contribution in [-0.4, -0.2) is 30.2 Å². The molecular formula is C18H26N2O4S. The number of esters is 1. The van der Waals surface area contributed by atoms with Crippen molar-refractivity contribution in [1.29, 1.82) is 0 Å². The minimum Gasteiger partial charge on any atom is -0.491 e. The summed E-state index contributed by atoms with van der Waals surface area (Å²) in [5, 5.41) is 5.67. The molecule has 0 saturated heterocycles. The van der Waals surface area contributed by atoms with E-state index >= 15 is 0 Å². The van der Waals surface area contributed by atoms with E-state index in [1.165, 1.54) is 0 Å². The van der Waals surface area contributed by atoms with Crippen molar-refractivity contribution < 1.29 is 19.1 Å². The van der Waals surface area contributed by atoms with E-state index in [2.05, 4.69) is 17.6 Å². The molecule has 0 radical (unpaired) electrons. The van der Waals surface area contributed by atoms with Gasteiger partial charge >= 0.3 is 5.97 Å². The summed E-state index contributed by atoms with van der Waals surface area (Å²) >= 11 is 5.14. The molecule has 0 aliphatic rings. The SMILES string of the molecule is CCCCOc1ccccc1NC(=S)NC(=O)CCC(=O)OCCC. The number of hydrogen-bond acceptors (Lipinski definition) is 5. The number of anilines is 1. The monoisotopic (exact) mass is 366 g/mol. The molecular weight excluding hydrogens is 340 g/mol. The largest absolute Gasteiger partial charge is 0.491 e. The molecule has 0 saturated carbocycles. The minimum atomic E-state index is -0.384. The molecule has 0 fully saturated rings. The van der Waals surface area contributed by atoms with Gasteiger partial charge in [-0.15, -0.1) is 0 Å². The van der Waals surface area contributed by atoms with E-state index in [1.807, 2.05) is 31.2 Å². The van der Waals surface area contributed by atoms with Crippen molar-refractivity contribution in [1.82, 2.24) is 5.32 Å². The molecule has 0 aliphatic carbocycles. The number of para-hydroxylation sites is 2. The van der Waals surface area contributed by atoms with Crippen LogP contribution in [-0.2, 0) is 14.3 Å². The molecule has 25 heavy (non-hydrogen) atoms. The highest BCUT2D eigenvalue weighted by atomic mass is 32.1. The molecule has 7 heteroatoms. The Kier molecular flexibility index (Phi) is 10.2. The number of carbonyl (C=O) groups excluding carboxylic acids is 2. The molecule has 0 atom stereocenters. The lowest BCUT2D eigenvalue weighted by Crippen LogP contribution is -2.34. The highest BCUT2D eigenvalue weighted by molar-refractivity contribution is 7.80. The van der Waals surface area contributed by atoms with Crippen LogP contribution in [0.25, 0.3) is 0 Å². The fraction of sp³-hybridized carbons (Fsp3) is 0.500. The topological polar surface area (TPSA) is 76.7 Å². The maximum Gasteiger partial charge on any atom is 0.306 e. The minimum absolute atomic E-state index is 0.0268. The summed E-state index contributed by atoms with van der Waals surface area (Å²) in [7, 11) is 0. The Bertz CT molecular complexity index is 578. The molecule has 138 valence electrons. The van der Waals surface area contributed by atoms with Gasteiger partial charge in [-0.1, -0.05) is 32.4 Å². The van der Waals surface area contributed by atoms with Gasteiger partial charge in [0.15, 0.2) is 5.11 Å². The Balaban J connectivity index is 2.43. The number of thiocarbonyl (C=S) groups is 1. The van der Waals surface area contributed by atoms with E-state index in [4.69, 9.17) is 21.7 Å². The van der Waals surface area contributed by atoms with Gasteiger partial charge < -0.3 is 20.1 Å². The highest BCUT2D eigenvalue weighted by Crippen LogP contribution is 2.23. The molecule has 1 rings (SSSR count). The second-order valence-electron chi connectivity index (χ2n) is 5.42. The molecule has 0 unspecified atom stereocenters. The van der Waals surface area contributed by atoms with Crippen molar-refractivity contribution in [3.05, 3.63) is 24.3 Å². The fourth-order valence-corrected chi connectivity index (χ4v) is 2.09. The molecule has 2 N–H and O–H groups in total. The van der Waals surface area contributed by atoms with E-state index in [-0.39, 0.29) is 29.8 Å². The molecule has 0 spiro atoms. The number of benzene rings is 1. The molecule has 0 aliphatic heterocycles. The zero-order chi connectivity index (χ0) is 18.5. The summed E-state index contributed by atoms with van der Waals surface area (Å²) in [4.78, 5) is 23.2. The van der Waals surface area contributed by atoms with Crippen molar-refractivity contribution >= 4 is 34.9 Å². The molecule has 1 aromatic rings. The number of hydrogen-bond donors (Lipinski definition) is 2. The van der Waals surface area contributed by atoms with E-state index in [1.54, 1.807) is 0 Å². The maximum atomic E-state index is 11.8.